The predicted molar refractivity (Wildman–Crippen MR) is 74.8 cm³/mol. The van der Waals surface area contributed by atoms with Crippen LogP contribution in [0.1, 0.15) is 43.6 Å². The molecule has 1 aliphatic heterocycles. The Morgan fingerprint density at radius 3 is 2.71 bits per heavy atom. The Hall–Kier alpha value is -2.19. The van der Waals surface area contributed by atoms with Crippen molar-refractivity contribution in [2.45, 2.75) is 32.4 Å². The molecule has 1 aromatic heterocycles. The lowest BCUT2D eigenvalue weighted by atomic mass is 9.70. The number of halogens is 1. The maximum atomic E-state index is 14.4. The molecule has 2 atom stereocenters. The summed E-state index contributed by atoms with van der Waals surface area (Å²) >= 11 is 0. The fourth-order valence-corrected chi connectivity index (χ4v) is 3.19. The van der Waals surface area contributed by atoms with Crippen molar-refractivity contribution in [1.82, 2.24) is 9.55 Å². The summed E-state index contributed by atoms with van der Waals surface area (Å²) in [5.41, 5.74) is -0.323. The molecule has 4 nitrogen and oxygen atoms in total. The maximum Gasteiger partial charge on any atom is 0.129 e. The fraction of sp³-hybridized carbons (Fsp3) is 0.375. The first kappa shape index (κ1) is 13.8. The normalized spacial score (nSPS) is 26.4. The number of aromatic nitrogens is 2. The van der Waals surface area contributed by atoms with Crippen LogP contribution >= 0.6 is 0 Å². The number of aliphatic hydroxyl groups is 1. The van der Waals surface area contributed by atoms with E-state index in [2.05, 4.69) is 4.98 Å². The van der Waals surface area contributed by atoms with Crippen LogP contribution in [0.15, 0.2) is 30.7 Å². The number of hydrogen-bond donors (Lipinski definition) is 1. The van der Waals surface area contributed by atoms with Gasteiger partial charge >= 0.3 is 0 Å². The molecule has 1 N–H and O–H groups in total. The quantitative estimate of drug-likeness (QED) is 0.876. The highest BCUT2D eigenvalue weighted by molar-refractivity contribution is 5.38. The van der Waals surface area contributed by atoms with Gasteiger partial charge in [0.2, 0.25) is 0 Å². The highest BCUT2D eigenvalue weighted by Crippen LogP contribution is 2.56. The molecule has 21 heavy (non-hydrogen) atoms. The second kappa shape index (κ2) is 4.15. The minimum atomic E-state index is -1.12. The number of hydrogen-bond acceptors (Lipinski definition) is 3. The molecule has 0 radical (unpaired) electrons. The zero-order valence-electron chi connectivity index (χ0n) is 12.1. The Balaban J connectivity index is 2.22. The third-order valence-electron chi connectivity index (χ3n) is 4.81. The van der Waals surface area contributed by atoms with Gasteiger partial charge in [0.15, 0.2) is 0 Å². The van der Waals surface area contributed by atoms with Crippen molar-refractivity contribution in [3.63, 3.8) is 0 Å². The van der Waals surface area contributed by atoms with Gasteiger partial charge < -0.3 is 9.67 Å². The highest BCUT2D eigenvalue weighted by atomic mass is 19.1. The first-order valence-corrected chi connectivity index (χ1v) is 6.75. The van der Waals surface area contributed by atoms with E-state index in [0.717, 1.165) is 0 Å². The second-order valence-electron chi connectivity index (χ2n) is 6.23. The lowest BCUT2D eigenvalue weighted by Gasteiger charge is -2.37. The summed E-state index contributed by atoms with van der Waals surface area (Å²) in [5.74, 6) is -0.440. The van der Waals surface area contributed by atoms with Crippen molar-refractivity contribution in [3.8, 4) is 6.07 Å². The Bertz CT molecular complexity index is 755. The van der Waals surface area contributed by atoms with Gasteiger partial charge in [0.05, 0.1) is 35.9 Å². The van der Waals surface area contributed by atoms with Crippen LogP contribution in [0.5, 0.6) is 0 Å². The molecule has 2 aromatic rings. The summed E-state index contributed by atoms with van der Waals surface area (Å²) in [7, 11) is 0. The van der Waals surface area contributed by atoms with E-state index in [1.54, 1.807) is 31.6 Å². The Labute approximate surface area is 122 Å². The summed E-state index contributed by atoms with van der Waals surface area (Å²) in [5, 5.41) is 19.7. The molecule has 0 aliphatic carbocycles. The molecule has 1 aliphatic rings. The molecular weight excluding hydrogens is 269 g/mol. The first-order chi connectivity index (χ1) is 9.80. The van der Waals surface area contributed by atoms with Crippen LogP contribution in [-0.2, 0) is 5.60 Å². The topological polar surface area (TPSA) is 61.8 Å². The van der Waals surface area contributed by atoms with E-state index in [1.807, 2.05) is 24.5 Å². The molecule has 5 heteroatoms. The second-order valence-corrected chi connectivity index (χ2v) is 6.23. The van der Waals surface area contributed by atoms with Gasteiger partial charge in [-0.2, -0.15) is 5.26 Å². The molecule has 0 spiro atoms. The minimum absolute atomic E-state index is 0.282. The van der Waals surface area contributed by atoms with E-state index in [4.69, 9.17) is 5.26 Å². The van der Waals surface area contributed by atoms with E-state index in [0.29, 0.717) is 11.3 Å². The predicted octanol–water partition coefficient (Wildman–Crippen LogP) is 2.73. The van der Waals surface area contributed by atoms with Crippen LogP contribution in [0, 0.1) is 22.6 Å². The smallest absolute Gasteiger partial charge is 0.129 e. The summed E-state index contributed by atoms with van der Waals surface area (Å²) in [4.78, 5) is 4.07. The van der Waals surface area contributed by atoms with Gasteiger partial charge in [0.25, 0.3) is 0 Å². The third-order valence-corrected chi connectivity index (χ3v) is 4.81. The monoisotopic (exact) mass is 285 g/mol. The number of fused-ring (bicyclic) bond motifs is 1. The van der Waals surface area contributed by atoms with Crippen LogP contribution in [0.3, 0.4) is 0 Å². The van der Waals surface area contributed by atoms with E-state index in [-0.39, 0.29) is 11.6 Å². The van der Waals surface area contributed by atoms with Gasteiger partial charge in [-0.1, -0.05) is 19.9 Å². The van der Waals surface area contributed by atoms with Crippen molar-refractivity contribution in [2.75, 3.05) is 0 Å². The largest absolute Gasteiger partial charge is 0.383 e. The molecule has 2 unspecified atom stereocenters. The molecule has 108 valence electrons. The Morgan fingerprint density at radius 1 is 1.38 bits per heavy atom. The fourth-order valence-electron chi connectivity index (χ4n) is 3.19. The van der Waals surface area contributed by atoms with E-state index >= 15 is 0 Å². The van der Waals surface area contributed by atoms with Gasteiger partial charge in [-0.25, -0.2) is 9.37 Å². The van der Waals surface area contributed by atoms with Crippen molar-refractivity contribution < 1.29 is 9.50 Å². The molecular formula is C16H16FN3O. The molecule has 0 saturated carbocycles. The lowest BCUT2D eigenvalue weighted by Crippen LogP contribution is -2.38. The average molecular weight is 285 g/mol. The number of imidazole rings is 1. The molecule has 1 aromatic carbocycles. The zero-order valence-corrected chi connectivity index (χ0v) is 12.1. The summed E-state index contributed by atoms with van der Waals surface area (Å²) in [6.07, 6.45) is 3.23. The summed E-state index contributed by atoms with van der Waals surface area (Å²) in [6.45, 7) is 5.53. The van der Waals surface area contributed by atoms with Crippen molar-refractivity contribution >= 4 is 0 Å². The van der Waals surface area contributed by atoms with E-state index < -0.39 is 16.8 Å². The third kappa shape index (κ3) is 1.66. The SMILES string of the molecule is CC1(O)c2cncn2C(c2ccc(C#N)cc2F)C1(C)C. The van der Waals surface area contributed by atoms with Gasteiger partial charge in [-0.15, -0.1) is 0 Å². The number of benzene rings is 1. The van der Waals surface area contributed by atoms with Crippen molar-refractivity contribution in [2.24, 2.45) is 5.41 Å². The number of nitriles is 1. The van der Waals surface area contributed by atoms with Crippen LogP contribution < -0.4 is 0 Å². The molecule has 3 rings (SSSR count). The molecule has 2 heterocycles. The summed E-state index contributed by atoms with van der Waals surface area (Å²) < 4.78 is 16.2. The van der Waals surface area contributed by atoms with Crippen LogP contribution in [0.25, 0.3) is 0 Å². The number of rotatable bonds is 1. The lowest BCUT2D eigenvalue weighted by molar-refractivity contribution is -0.0511. The zero-order chi connectivity index (χ0) is 15.4. The average Bonchev–Trinajstić information content (AvgIpc) is 2.94. The van der Waals surface area contributed by atoms with Gasteiger partial charge in [-0.3, -0.25) is 0 Å². The maximum absolute atomic E-state index is 14.4. The first-order valence-electron chi connectivity index (χ1n) is 6.75. The van der Waals surface area contributed by atoms with Crippen LogP contribution in [0.2, 0.25) is 0 Å². The van der Waals surface area contributed by atoms with E-state index in [9.17, 15) is 9.50 Å². The standard InChI is InChI=1S/C16H16FN3O/c1-15(2)14(11-5-4-10(7-18)6-12(11)17)20-9-19-8-13(20)16(15,3)21/h4-6,8-9,14,21H,1-3H3. The van der Waals surface area contributed by atoms with E-state index in [1.165, 1.54) is 6.07 Å². The van der Waals surface area contributed by atoms with Crippen LogP contribution in [0.4, 0.5) is 4.39 Å². The molecule has 0 saturated heterocycles. The highest BCUT2D eigenvalue weighted by Gasteiger charge is 2.55. The Kier molecular flexibility index (Phi) is 2.72. The minimum Gasteiger partial charge on any atom is -0.383 e. The van der Waals surface area contributed by atoms with Crippen LogP contribution in [-0.4, -0.2) is 14.7 Å². The van der Waals surface area contributed by atoms with Gasteiger partial charge in [0, 0.05) is 11.0 Å². The molecule has 0 bridgehead atoms. The number of nitrogens with zero attached hydrogens (tertiary/aromatic N) is 3. The van der Waals surface area contributed by atoms with Crippen molar-refractivity contribution in [1.29, 1.82) is 5.26 Å². The molecule has 0 amide bonds. The van der Waals surface area contributed by atoms with Crippen molar-refractivity contribution in [3.05, 3.63) is 53.4 Å². The van der Waals surface area contributed by atoms with Gasteiger partial charge in [0.1, 0.15) is 11.4 Å². The van der Waals surface area contributed by atoms with Gasteiger partial charge in [-0.05, 0) is 19.1 Å². The summed E-state index contributed by atoms with van der Waals surface area (Å²) in [6, 6.07) is 5.99. The Morgan fingerprint density at radius 2 is 2.10 bits per heavy atom. The molecule has 0 fully saturated rings.